The van der Waals surface area contributed by atoms with Crippen LogP contribution in [0.15, 0.2) is 53.9 Å². The van der Waals surface area contributed by atoms with Gasteiger partial charge in [0.15, 0.2) is 0 Å². The Morgan fingerprint density at radius 2 is 1.88 bits per heavy atom. The number of hydrogen-bond donors (Lipinski definition) is 0. The van der Waals surface area contributed by atoms with Gasteiger partial charge in [0.2, 0.25) is 0 Å². The van der Waals surface area contributed by atoms with Gasteiger partial charge in [-0.15, -0.1) is 11.3 Å². The molecule has 0 radical (unpaired) electrons. The molecule has 2 nitrogen and oxygen atoms in total. The first-order valence-corrected chi connectivity index (χ1v) is 8.50. The van der Waals surface area contributed by atoms with Crippen LogP contribution in [0.4, 0.5) is 4.39 Å². The number of nitrogens with zero attached hydrogens (tertiary/aromatic N) is 2. The summed E-state index contributed by atoms with van der Waals surface area (Å²) in [5.74, 6) is -0.294. The van der Waals surface area contributed by atoms with E-state index in [0.29, 0.717) is 10.6 Å². The van der Waals surface area contributed by atoms with Crippen molar-refractivity contribution in [2.45, 2.75) is 13.3 Å². The molecule has 0 bridgehead atoms. The number of hydrogen-bond acceptors (Lipinski definition) is 3. The summed E-state index contributed by atoms with van der Waals surface area (Å²) in [6, 6.07) is 16.5. The van der Waals surface area contributed by atoms with Crippen molar-refractivity contribution in [1.82, 2.24) is 4.98 Å². The molecule has 4 heteroatoms. The van der Waals surface area contributed by atoms with Gasteiger partial charge < -0.3 is 0 Å². The molecule has 0 fully saturated rings. The third kappa shape index (κ3) is 3.58. The summed E-state index contributed by atoms with van der Waals surface area (Å²) in [6.07, 6.45) is 2.73. The Morgan fingerprint density at radius 1 is 1.17 bits per heavy atom. The van der Waals surface area contributed by atoms with Gasteiger partial charge in [0, 0.05) is 10.9 Å². The van der Waals surface area contributed by atoms with E-state index in [2.05, 4.69) is 30.1 Å². The number of thiazole rings is 1. The molecule has 3 rings (SSSR count). The first kappa shape index (κ1) is 16.1. The summed E-state index contributed by atoms with van der Waals surface area (Å²) < 4.78 is 13.0. The Kier molecular flexibility index (Phi) is 4.83. The molecule has 1 heterocycles. The molecule has 0 spiro atoms. The van der Waals surface area contributed by atoms with E-state index in [4.69, 9.17) is 0 Å². The van der Waals surface area contributed by atoms with Gasteiger partial charge in [-0.25, -0.2) is 9.37 Å². The van der Waals surface area contributed by atoms with Crippen LogP contribution in [0.25, 0.3) is 22.9 Å². The second-order valence-corrected chi connectivity index (χ2v) is 6.17. The lowest BCUT2D eigenvalue weighted by Gasteiger charge is -1.99. The van der Waals surface area contributed by atoms with Crippen molar-refractivity contribution in [3.8, 4) is 17.3 Å². The minimum absolute atomic E-state index is 0.294. The molecule has 24 heavy (non-hydrogen) atoms. The SMILES string of the molecule is CCc1ccc(-c2csc(C(C#N)=Cc3ccc(F)cc3)n2)cc1. The largest absolute Gasteiger partial charge is 0.235 e. The number of benzene rings is 2. The van der Waals surface area contributed by atoms with Crippen LogP contribution in [0.1, 0.15) is 23.1 Å². The predicted molar refractivity (Wildman–Crippen MR) is 96.8 cm³/mol. The fourth-order valence-electron chi connectivity index (χ4n) is 2.31. The van der Waals surface area contributed by atoms with Crippen molar-refractivity contribution in [3.63, 3.8) is 0 Å². The van der Waals surface area contributed by atoms with Crippen LogP contribution in [0.5, 0.6) is 0 Å². The number of rotatable bonds is 4. The maximum atomic E-state index is 13.0. The fraction of sp³-hybridized carbons (Fsp3) is 0.100. The molecule has 0 aliphatic heterocycles. The van der Waals surface area contributed by atoms with E-state index in [1.165, 1.54) is 29.0 Å². The summed E-state index contributed by atoms with van der Waals surface area (Å²) in [4.78, 5) is 4.57. The Morgan fingerprint density at radius 3 is 2.50 bits per heavy atom. The summed E-state index contributed by atoms with van der Waals surface area (Å²) in [6.45, 7) is 2.12. The van der Waals surface area contributed by atoms with Gasteiger partial charge in [0.25, 0.3) is 0 Å². The molecule has 0 amide bonds. The van der Waals surface area contributed by atoms with Crippen LogP contribution < -0.4 is 0 Å². The molecule has 0 aliphatic carbocycles. The summed E-state index contributed by atoms with van der Waals surface area (Å²) in [5.41, 5.74) is 4.43. The smallest absolute Gasteiger partial charge is 0.134 e. The van der Waals surface area contributed by atoms with Crippen molar-refractivity contribution in [1.29, 1.82) is 5.26 Å². The van der Waals surface area contributed by atoms with Crippen molar-refractivity contribution < 1.29 is 4.39 Å². The van der Waals surface area contributed by atoms with Gasteiger partial charge in [-0.2, -0.15) is 5.26 Å². The first-order chi connectivity index (χ1) is 11.7. The summed E-state index contributed by atoms with van der Waals surface area (Å²) in [5, 5.41) is 12.0. The maximum absolute atomic E-state index is 13.0. The molecule has 118 valence electrons. The molecule has 0 saturated carbocycles. The van der Waals surface area contributed by atoms with E-state index in [1.54, 1.807) is 18.2 Å². The van der Waals surface area contributed by atoms with Gasteiger partial charge in [-0.3, -0.25) is 0 Å². The zero-order chi connectivity index (χ0) is 16.9. The van der Waals surface area contributed by atoms with Crippen LogP contribution in [0.2, 0.25) is 0 Å². The molecule has 1 aromatic heterocycles. The highest BCUT2D eigenvalue weighted by Gasteiger charge is 2.09. The van der Waals surface area contributed by atoms with Crippen molar-refractivity contribution >= 4 is 23.0 Å². The second-order valence-electron chi connectivity index (χ2n) is 5.31. The van der Waals surface area contributed by atoms with Gasteiger partial charge >= 0.3 is 0 Å². The molecule has 0 saturated heterocycles. The Balaban J connectivity index is 1.90. The molecule has 0 atom stereocenters. The zero-order valence-corrected chi connectivity index (χ0v) is 14.0. The number of halogens is 1. The number of nitriles is 1. The minimum Gasteiger partial charge on any atom is -0.235 e. The van der Waals surface area contributed by atoms with E-state index in [-0.39, 0.29) is 5.82 Å². The number of aromatic nitrogens is 1. The molecule has 0 N–H and O–H groups in total. The van der Waals surface area contributed by atoms with Crippen molar-refractivity contribution in [2.24, 2.45) is 0 Å². The number of allylic oxidation sites excluding steroid dienone is 1. The second kappa shape index (κ2) is 7.20. The van der Waals surface area contributed by atoms with E-state index in [1.807, 2.05) is 17.5 Å². The summed E-state index contributed by atoms with van der Waals surface area (Å²) in [7, 11) is 0. The van der Waals surface area contributed by atoms with E-state index in [0.717, 1.165) is 23.2 Å². The molecule has 0 aliphatic rings. The van der Waals surface area contributed by atoms with Crippen LogP contribution in [0, 0.1) is 17.1 Å². The molecule has 0 unspecified atom stereocenters. The Labute approximate surface area is 144 Å². The normalized spacial score (nSPS) is 11.3. The first-order valence-electron chi connectivity index (χ1n) is 7.62. The molecular weight excluding hydrogens is 319 g/mol. The highest BCUT2D eigenvalue weighted by molar-refractivity contribution is 7.11. The maximum Gasteiger partial charge on any atom is 0.134 e. The zero-order valence-electron chi connectivity index (χ0n) is 13.2. The highest BCUT2D eigenvalue weighted by Crippen LogP contribution is 2.27. The van der Waals surface area contributed by atoms with Gasteiger partial charge in [0.05, 0.1) is 11.3 Å². The van der Waals surface area contributed by atoms with E-state index < -0.39 is 0 Å². The van der Waals surface area contributed by atoms with Crippen LogP contribution in [-0.2, 0) is 6.42 Å². The van der Waals surface area contributed by atoms with Gasteiger partial charge in [-0.1, -0.05) is 43.3 Å². The average Bonchev–Trinajstić information content (AvgIpc) is 3.11. The molecule has 2 aromatic carbocycles. The average molecular weight is 334 g/mol. The number of aryl methyl sites for hydroxylation is 1. The minimum atomic E-state index is -0.294. The summed E-state index contributed by atoms with van der Waals surface area (Å²) >= 11 is 1.43. The third-order valence-corrected chi connectivity index (χ3v) is 4.57. The lowest BCUT2D eigenvalue weighted by atomic mass is 10.1. The predicted octanol–water partition coefficient (Wildman–Crippen LogP) is 5.58. The van der Waals surface area contributed by atoms with E-state index >= 15 is 0 Å². The van der Waals surface area contributed by atoms with Gasteiger partial charge in [-0.05, 0) is 35.8 Å². The van der Waals surface area contributed by atoms with Crippen molar-refractivity contribution in [3.05, 3.63) is 75.9 Å². The topological polar surface area (TPSA) is 36.7 Å². The fourth-order valence-corrected chi connectivity index (χ4v) is 3.10. The molecular formula is C20H15FN2S. The monoisotopic (exact) mass is 334 g/mol. The lowest BCUT2D eigenvalue weighted by Crippen LogP contribution is -1.84. The highest BCUT2D eigenvalue weighted by atomic mass is 32.1. The molecule has 3 aromatic rings. The van der Waals surface area contributed by atoms with Crippen LogP contribution in [-0.4, -0.2) is 4.98 Å². The lowest BCUT2D eigenvalue weighted by molar-refractivity contribution is 0.628. The Bertz CT molecular complexity index is 900. The van der Waals surface area contributed by atoms with Crippen molar-refractivity contribution in [2.75, 3.05) is 0 Å². The third-order valence-electron chi connectivity index (χ3n) is 3.69. The van der Waals surface area contributed by atoms with Gasteiger partial charge in [0.1, 0.15) is 16.9 Å². The van der Waals surface area contributed by atoms with E-state index in [9.17, 15) is 9.65 Å². The van der Waals surface area contributed by atoms with Crippen LogP contribution in [0.3, 0.4) is 0 Å². The standard InChI is InChI=1S/C20H15FN2S/c1-2-14-3-7-16(8-4-14)19-13-24-20(23-19)17(12-22)11-15-5-9-18(21)10-6-15/h3-11,13H,2H2,1H3. The van der Waals surface area contributed by atoms with Crippen LogP contribution >= 0.6 is 11.3 Å². The Hall–Kier alpha value is -2.77. The quantitative estimate of drug-likeness (QED) is 0.584.